The largest absolute Gasteiger partial charge is 0.455 e. The van der Waals surface area contributed by atoms with Crippen molar-refractivity contribution in [3.8, 4) is 11.4 Å². The molecule has 0 atom stereocenters. The van der Waals surface area contributed by atoms with E-state index in [1.807, 2.05) is 0 Å². The summed E-state index contributed by atoms with van der Waals surface area (Å²) in [6.07, 6.45) is 0. The van der Waals surface area contributed by atoms with E-state index in [-0.39, 0.29) is 0 Å². The van der Waals surface area contributed by atoms with Gasteiger partial charge in [0.15, 0.2) is 5.82 Å². The van der Waals surface area contributed by atoms with Crippen LogP contribution in [0.15, 0.2) is 4.42 Å². The van der Waals surface area contributed by atoms with Gasteiger partial charge in [0, 0.05) is 33.3 Å². The van der Waals surface area contributed by atoms with E-state index in [0.29, 0.717) is 0 Å². The number of benzene rings is 2. The number of hydrogen-bond acceptors (Lipinski definition) is 3. The number of aromatic nitrogens is 2. The second kappa shape index (κ2) is 6.41. The van der Waals surface area contributed by atoms with Gasteiger partial charge in [-0.1, -0.05) is 0 Å². The quantitative estimate of drug-likeness (QED) is 0.349. The Balaban J connectivity index is 2.21. The van der Waals surface area contributed by atoms with Gasteiger partial charge in [0.2, 0.25) is 0 Å². The summed E-state index contributed by atoms with van der Waals surface area (Å²) in [5.41, 5.74) is 15.1. The highest BCUT2D eigenvalue weighted by Gasteiger charge is 2.24. The monoisotopic (exact) mass is 386 g/mol. The van der Waals surface area contributed by atoms with Crippen molar-refractivity contribution in [2.75, 3.05) is 0 Å². The SMILES string of the molecule is Cc1nc(-c2c(C)c(C)c3c(oc4c(C)c(C)c(C)c(C)c43)c2C)nc(C)c1C. The molecule has 0 amide bonds. The Kier molecular flexibility index (Phi) is 4.34. The first kappa shape index (κ1) is 19.6. The molecule has 0 N–H and O–H groups in total. The average molecular weight is 387 g/mol. The number of furan rings is 1. The summed E-state index contributed by atoms with van der Waals surface area (Å²) in [7, 11) is 0. The molecule has 0 fully saturated rings. The molecule has 150 valence electrons. The van der Waals surface area contributed by atoms with Crippen molar-refractivity contribution in [3.63, 3.8) is 0 Å². The van der Waals surface area contributed by atoms with Crippen LogP contribution in [0.5, 0.6) is 0 Å². The molecule has 4 rings (SSSR count). The maximum absolute atomic E-state index is 6.56. The van der Waals surface area contributed by atoms with Crippen LogP contribution in [-0.4, -0.2) is 9.97 Å². The van der Waals surface area contributed by atoms with E-state index in [9.17, 15) is 0 Å². The summed E-state index contributed by atoms with van der Waals surface area (Å²) in [4.78, 5) is 9.68. The lowest BCUT2D eigenvalue weighted by Gasteiger charge is -2.15. The minimum atomic E-state index is 0.798. The zero-order chi connectivity index (χ0) is 21.4. The predicted molar refractivity (Wildman–Crippen MR) is 122 cm³/mol. The lowest BCUT2D eigenvalue weighted by Crippen LogP contribution is -2.03. The maximum atomic E-state index is 6.56. The van der Waals surface area contributed by atoms with Crippen molar-refractivity contribution in [2.24, 2.45) is 0 Å². The molecular formula is C26H30N2O. The Labute approximate surface area is 173 Å². The van der Waals surface area contributed by atoms with Crippen LogP contribution in [0.25, 0.3) is 33.3 Å². The molecule has 2 heterocycles. The highest BCUT2D eigenvalue weighted by molar-refractivity contribution is 6.12. The molecule has 0 aliphatic rings. The van der Waals surface area contributed by atoms with Gasteiger partial charge in [-0.25, -0.2) is 9.97 Å². The van der Waals surface area contributed by atoms with Crippen LogP contribution in [0.2, 0.25) is 0 Å². The van der Waals surface area contributed by atoms with Gasteiger partial charge in [0.25, 0.3) is 0 Å². The molecule has 4 aromatic rings. The summed E-state index contributed by atoms with van der Waals surface area (Å²) in [6.45, 7) is 21.5. The average Bonchev–Trinajstić information content (AvgIpc) is 3.08. The van der Waals surface area contributed by atoms with Gasteiger partial charge in [-0.05, 0) is 108 Å². The number of hydrogen-bond donors (Lipinski definition) is 0. The highest BCUT2D eigenvalue weighted by Crippen LogP contribution is 2.43. The molecule has 0 saturated carbocycles. The van der Waals surface area contributed by atoms with Crippen LogP contribution in [0, 0.1) is 69.2 Å². The molecule has 3 nitrogen and oxygen atoms in total. The van der Waals surface area contributed by atoms with Crippen LogP contribution in [-0.2, 0) is 0 Å². The van der Waals surface area contributed by atoms with Crippen molar-refractivity contribution >= 4 is 21.9 Å². The van der Waals surface area contributed by atoms with E-state index < -0.39 is 0 Å². The molecule has 2 aromatic carbocycles. The molecule has 29 heavy (non-hydrogen) atoms. The summed E-state index contributed by atoms with van der Waals surface area (Å²) in [6, 6.07) is 0. The van der Waals surface area contributed by atoms with Gasteiger partial charge >= 0.3 is 0 Å². The van der Waals surface area contributed by atoms with E-state index in [4.69, 9.17) is 14.4 Å². The third-order valence-corrected chi connectivity index (χ3v) is 7.20. The Bertz CT molecular complexity index is 1320. The van der Waals surface area contributed by atoms with E-state index >= 15 is 0 Å². The first-order valence-corrected chi connectivity index (χ1v) is 10.3. The number of fused-ring (bicyclic) bond motifs is 3. The zero-order valence-corrected chi connectivity index (χ0v) is 19.3. The lowest BCUT2D eigenvalue weighted by molar-refractivity contribution is 0.661. The Morgan fingerprint density at radius 3 is 1.45 bits per heavy atom. The fraction of sp³-hybridized carbons (Fsp3) is 0.385. The minimum Gasteiger partial charge on any atom is -0.455 e. The second-order valence-corrected chi connectivity index (χ2v) is 8.60. The standard InChI is InChI=1S/C26H30N2O/c1-11-12(2)16(6)24-22(13(11)3)23-15(5)14(4)21(18(8)25(23)29-24)26-27-19(9)17(7)20(10)28-26/h1-10H3. The van der Waals surface area contributed by atoms with E-state index in [0.717, 1.165) is 45.1 Å². The normalized spacial score (nSPS) is 11.8. The zero-order valence-electron chi connectivity index (χ0n) is 19.3. The van der Waals surface area contributed by atoms with E-state index in [1.54, 1.807) is 0 Å². The third kappa shape index (κ3) is 2.56. The van der Waals surface area contributed by atoms with Crippen molar-refractivity contribution in [2.45, 2.75) is 69.2 Å². The predicted octanol–water partition coefficient (Wildman–Crippen LogP) is 7.13. The number of aryl methyl sites for hydroxylation is 6. The van der Waals surface area contributed by atoms with Gasteiger partial charge in [0.05, 0.1) is 0 Å². The number of nitrogens with zero attached hydrogens (tertiary/aromatic N) is 2. The Morgan fingerprint density at radius 1 is 0.448 bits per heavy atom. The van der Waals surface area contributed by atoms with Crippen LogP contribution >= 0.6 is 0 Å². The summed E-state index contributed by atoms with van der Waals surface area (Å²) < 4.78 is 6.56. The van der Waals surface area contributed by atoms with Crippen LogP contribution in [0.4, 0.5) is 0 Å². The first-order valence-electron chi connectivity index (χ1n) is 10.3. The summed E-state index contributed by atoms with van der Waals surface area (Å²) in [5.74, 6) is 0.798. The van der Waals surface area contributed by atoms with Gasteiger partial charge in [0.1, 0.15) is 11.2 Å². The second-order valence-electron chi connectivity index (χ2n) is 8.60. The van der Waals surface area contributed by atoms with Crippen LogP contribution in [0.3, 0.4) is 0 Å². The number of rotatable bonds is 1. The summed E-state index contributed by atoms with van der Waals surface area (Å²) >= 11 is 0. The van der Waals surface area contributed by atoms with Crippen LogP contribution in [0.1, 0.15) is 55.9 Å². The smallest absolute Gasteiger partial charge is 0.160 e. The molecule has 0 radical (unpaired) electrons. The van der Waals surface area contributed by atoms with Gasteiger partial charge in [-0.3, -0.25) is 0 Å². The molecule has 0 aliphatic heterocycles. The van der Waals surface area contributed by atoms with Crippen molar-refractivity contribution < 1.29 is 4.42 Å². The van der Waals surface area contributed by atoms with Crippen LogP contribution < -0.4 is 0 Å². The lowest BCUT2D eigenvalue weighted by atomic mass is 9.89. The molecule has 0 spiro atoms. The minimum absolute atomic E-state index is 0.798. The fourth-order valence-electron chi connectivity index (χ4n) is 4.58. The fourth-order valence-corrected chi connectivity index (χ4v) is 4.58. The molecular weight excluding hydrogens is 356 g/mol. The van der Waals surface area contributed by atoms with Gasteiger partial charge in [-0.15, -0.1) is 0 Å². The molecule has 3 heteroatoms. The Morgan fingerprint density at radius 2 is 0.897 bits per heavy atom. The molecule has 0 bridgehead atoms. The molecule has 0 unspecified atom stereocenters. The topological polar surface area (TPSA) is 38.9 Å². The first-order chi connectivity index (χ1) is 13.6. The van der Waals surface area contributed by atoms with Crippen molar-refractivity contribution in [1.29, 1.82) is 0 Å². The maximum Gasteiger partial charge on any atom is 0.160 e. The van der Waals surface area contributed by atoms with Gasteiger partial charge < -0.3 is 4.42 Å². The Hall–Kier alpha value is -2.68. The summed E-state index contributed by atoms with van der Waals surface area (Å²) in [5, 5.41) is 2.50. The van der Waals surface area contributed by atoms with E-state index in [2.05, 4.69) is 69.2 Å². The van der Waals surface area contributed by atoms with Crippen molar-refractivity contribution in [3.05, 3.63) is 55.9 Å². The van der Waals surface area contributed by atoms with Gasteiger partial charge in [-0.2, -0.15) is 0 Å². The third-order valence-electron chi connectivity index (χ3n) is 7.20. The highest BCUT2D eigenvalue weighted by atomic mass is 16.3. The molecule has 0 aliphatic carbocycles. The molecule has 0 saturated heterocycles. The molecule has 2 aromatic heterocycles. The van der Waals surface area contributed by atoms with E-state index in [1.165, 1.54) is 44.2 Å². The van der Waals surface area contributed by atoms with Crippen molar-refractivity contribution in [1.82, 2.24) is 9.97 Å².